The number of amides is 1. The first kappa shape index (κ1) is 15.6. The Hall–Kier alpha value is -2.81. The lowest BCUT2D eigenvalue weighted by atomic mass is 10.0. The minimum Gasteiger partial charge on any atom is -0.497 e. The van der Waals surface area contributed by atoms with Crippen LogP contribution in [0.3, 0.4) is 0 Å². The maximum Gasteiger partial charge on any atom is 0.252 e. The van der Waals surface area contributed by atoms with Gasteiger partial charge in [-0.1, -0.05) is 48.5 Å². The Morgan fingerprint density at radius 1 is 1.14 bits per heavy atom. The predicted octanol–water partition coefficient (Wildman–Crippen LogP) is 3.54. The highest BCUT2D eigenvalue weighted by molar-refractivity contribution is 6.24. The van der Waals surface area contributed by atoms with Crippen LogP contribution in [0.15, 0.2) is 67.3 Å². The second kappa shape index (κ2) is 7.84. The highest BCUT2D eigenvalue weighted by Crippen LogP contribution is 2.20. The van der Waals surface area contributed by atoms with E-state index < -0.39 is 0 Å². The third-order valence-electron chi connectivity index (χ3n) is 3.16. The van der Waals surface area contributed by atoms with Crippen molar-refractivity contribution in [3.8, 4) is 5.75 Å². The van der Waals surface area contributed by atoms with Gasteiger partial charge in [-0.15, -0.1) is 6.58 Å². The first-order valence-electron chi connectivity index (χ1n) is 7.05. The SMILES string of the molecule is C=CCNC(=O)/C(=C/c1ccc(OC)cc1)c1ccccc1. The van der Waals surface area contributed by atoms with E-state index in [1.54, 1.807) is 13.2 Å². The molecule has 0 saturated carbocycles. The molecule has 0 aliphatic heterocycles. The summed E-state index contributed by atoms with van der Waals surface area (Å²) in [6.07, 6.45) is 3.53. The molecule has 22 heavy (non-hydrogen) atoms. The highest BCUT2D eigenvalue weighted by atomic mass is 16.5. The molecule has 0 atom stereocenters. The maximum atomic E-state index is 12.4. The molecule has 0 bridgehead atoms. The van der Waals surface area contributed by atoms with Crippen molar-refractivity contribution in [3.63, 3.8) is 0 Å². The van der Waals surface area contributed by atoms with Gasteiger partial charge in [0.2, 0.25) is 0 Å². The van der Waals surface area contributed by atoms with Crippen molar-refractivity contribution in [2.24, 2.45) is 0 Å². The van der Waals surface area contributed by atoms with Crippen LogP contribution in [-0.4, -0.2) is 19.6 Å². The van der Waals surface area contributed by atoms with Crippen LogP contribution in [0.25, 0.3) is 11.6 Å². The molecule has 0 radical (unpaired) electrons. The maximum absolute atomic E-state index is 12.4. The second-order valence-electron chi connectivity index (χ2n) is 4.70. The molecule has 2 aromatic rings. The van der Waals surface area contributed by atoms with Crippen molar-refractivity contribution in [1.82, 2.24) is 5.32 Å². The van der Waals surface area contributed by atoms with E-state index in [0.29, 0.717) is 12.1 Å². The zero-order chi connectivity index (χ0) is 15.8. The van der Waals surface area contributed by atoms with Crippen molar-refractivity contribution in [2.75, 3.05) is 13.7 Å². The molecule has 112 valence electrons. The van der Waals surface area contributed by atoms with Crippen molar-refractivity contribution in [1.29, 1.82) is 0 Å². The molecule has 0 saturated heterocycles. The topological polar surface area (TPSA) is 38.3 Å². The molecule has 1 amide bonds. The minimum absolute atomic E-state index is 0.123. The van der Waals surface area contributed by atoms with Gasteiger partial charge in [0.15, 0.2) is 0 Å². The van der Waals surface area contributed by atoms with Gasteiger partial charge in [0.05, 0.1) is 7.11 Å². The minimum atomic E-state index is -0.123. The third-order valence-corrected chi connectivity index (χ3v) is 3.16. The monoisotopic (exact) mass is 293 g/mol. The Bertz CT molecular complexity index is 658. The zero-order valence-electron chi connectivity index (χ0n) is 12.6. The molecule has 0 heterocycles. The van der Waals surface area contributed by atoms with Gasteiger partial charge in [-0.3, -0.25) is 4.79 Å². The summed E-state index contributed by atoms with van der Waals surface area (Å²) in [7, 11) is 1.63. The summed E-state index contributed by atoms with van der Waals surface area (Å²) in [5.41, 5.74) is 2.43. The summed E-state index contributed by atoms with van der Waals surface area (Å²) in [6.45, 7) is 4.06. The van der Waals surface area contributed by atoms with E-state index >= 15 is 0 Å². The molecule has 0 fully saturated rings. The Labute approximate surface area is 130 Å². The summed E-state index contributed by atoms with van der Waals surface area (Å²) in [5.74, 6) is 0.663. The van der Waals surface area contributed by atoms with Crippen LogP contribution in [0.5, 0.6) is 5.75 Å². The van der Waals surface area contributed by atoms with Crippen LogP contribution in [0.2, 0.25) is 0 Å². The van der Waals surface area contributed by atoms with E-state index in [1.807, 2.05) is 60.7 Å². The fourth-order valence-electron chi connectivity index (χ4n) is 2.02. The Morgan fingerprint density at radius 3 is 2.41 bits per heavy atom. The molecular weight excluding hydrogens is 274 g/mol. The number of hydrogen-bond donors (Lipinski definition) is 1. The van der Waals surface area contributed by atoms with Crippen molar-refractivity contribution >= 4 is 17.6 Å². The smallest absolute Gasteiger partial charge is 0.252 e. The number of methoxy groups -OCH3 is 1. The number of carbonyl (C=O) groups is 1. The van der Waals surface area contributed by atoms with Crippen LogP contribution < -0.4 is 10.1 Å². The predicted molar refractivity (Wildman–Crippen MR) is 90.5 cm³/mol. The van der Waals surface area contributed by atoms with Crippen molar-refractivity contribution in [2.45, 2.75) is 0 Å². The molecular formula is C19H19NO2. The average molecular weight is 293 g/mol. The van der Waals surface area contributed by atoms with Crippen molar-refractivity contribution in [3.05, 3.63) is 78.4 Å². The molecule has 2 rings (SSSR count). The number of benzene rings is 2. The van der Waals surface area contributed by atoms with Gasteiger partial charge in [-0.05, 0) is 29.3 Å². The molecule has 0 aromatic heterocycles. The fraction of sp³-hybridized carbons (Fsp3) is 0.105. The van der Waals surface area contributed by atoms with Crippen LogP contribution >= 0.6 is 0 Å². The average Bonchev–Trinajstić information content (AvgIpc) is 2.59. The standard InChI is InChI=1S/C19H19NO2/c1-3-13-20-19(21)18(16-7-5-4-6-8-16)14-15-9-11-17(22-2)12-10-15/h3-12,14H,1,13H2,2H3,(H,20,21)/b18-14+. The second-order valence-corrected chi connectivity index (χ2v) is 4.70. The highest BCUT2D eigenvalue weighted by Gasteiger charge is 2.11. The molecule has 0 spiro atoms. The van der Waals surface area contributed by atoms with Gasteiger partial charge in [-0.2, -0.15) is 0 Å². The third kappa shape index (κ3) is 4.09. The van der Waals surface area contributed by atoms with E-state index in [-0.39, 0.29) is 5.91 Å². The number of carbonyl (C=O) groups excluding carboxylic acids is 1. The quantitative estimate of drug-likeness (QED) is 0.502. The summed E-state index contributed by atoms with van der Waals surface area (Å²) in [5, 5.41) is 2.82. The van der Waals surface area contributed by atoms with E-state index in [0.717, 1.165) is 16.9 Å². The lowest BCUT2D eigenvalue weighted by molar-refractivity contribution is -0.115. The normalized spacial score (nSPS) is 10.9. The molecule has 3 nitrogen and oxygen atoms in total. The molecule has 3 heteroatoms. The van der Waals surface area contributed by atoms with E-state index in [1.165, 1.54) is 0 Å². The molecule has 2 aromatic carbocycles. The Kier molecular flexibility index (Phi) is 5.55. The van der Waals surface area contributed by atoms with E-state index in [4.69, 9.17) is 4.74 Å². The Morgan fingerprint density at radius 2 is 1.82 bits per heavy atom. The molecule has 0 unspecified atom stereocenters. The van der Waals surface area contributed by atoms with Crippen LogP contribution in [-0.2, 0) is 4.79 Å². The largest absolute Gasteiger partial charge is 0.497 e. The van der Waals surface area contributed by atoms with Gasteiger partial charge in [0.25, 0.3) is 5.91 Å². The van der Waals surface area contributed by atoms with Crippen LogP contribution in [0, 0.1) is 0 Å². The van der Waals surface area contributed by atoms with Gasteiger partial charge in [-0.25, -0.2) is 0 Å². The zero-order valence-corrected chi connectivity index (χ0v) is 12.6. The van der Waals surface area contributed by atoms with E-state index in [2.05, 4.69) is 11.9 Å². The number of nitrogens with one attached hydrogen (secondary N) is 1. The van der Waals surface area contributed by atoms with Crippen LogP contribution in [0.1, 0.15) is 11.1 Å². The van der Waals surface area contributed by atoms with Gasteiger partial charge < -0.3 is 10.1 Å². The lowest BCUT2D eigenvalue weighted by Gasteiger charge is -2.08. The first-order chi connectivity index (χ1) is 10.7. The lowest BCUT2D eigenvalue weighted by Crippen LogP contribution is -2.24. The van der Waals surface area contributed by atoms with Gasteiger partial charge in [0.1, 0.15) is 5.75 Å². The van der Waals surface area contributed by atoms with Crippen LogP contribution in [0.4, 0.5) is 0 Å². The molecule has 1 N–H and O–H groups in total. The molecule has 0 aliphatic carbocycles. The number of rotatable bonds is 6. The summed E-state index contributed by atoms with van der Waals surface area (Å²) < 4.78 is 5.15. The first-order valence-corrected chi connectivity index (χ1v) is 7.05. The number of hydrogen-bond acceptors (Lipinski definition) is 2. The summed E-state index contributed by atoms with van der Waals surface area (Å²) >= 11 is 0. The summed E-state index contributed by atoms with van der Waals surface area (Å²) in [6, 6.07) is 17.2. The fourth-order valence-corrected chi connectivity index (χ4v) is 2.02. The summed E-state index contributed by atoms with van der Waals surface area (Å²) in [4.78, 5) is 12.4. The molecule has 0 aliphatic rings. The van der Waals surface area contributed by atoms with Gasteiger partial charge in [0, 0.05) is 12.1 Å². The number of ether oxygens (including phenoxy) is 1. The van der Waals surface area contributed by atoms with Crippen molar-refractivity contribution < 1.29 is 9.53 Å². The van der Waals surface area contributed by atoms with E-state index in [9.17, 15) is 4.79 Å². The van der Waals surface area contributed by atoms with Gasteiger partial charge >= 0.3 is 0 Å². The Balaban J connectivity index is 2.36.